The Hall–Kier alpha value is -2.52. The van der Waals surface area contributed by atoms with Crippen LogP contribution in [-0.2, 0) is 11.8 Å². The molecule has 0 radical (unpaired) electrons. The molecule has 0 saturated heterocycles. The lowest BCUT2D eigenvalue weighted by Gasteiger charge is -2.19. The molecule has 0 bridgehead atoms. The third kappa shape index (κ3) is 3.79. The van der Waals surface area contributed by atoms with Crippen LogP contribution in [0.1, 0.15) is 6.92 Å². The smallest absolute Gasteiger partial charge is 0.237 e. The van der Waals surface area contributed by atoms with Gasteiger partial charge in [0.05, 0.1) is 10.1 Å². The molecule has 1 atom stereocenters. The van der Waals surface area contributed by atoms with Crippen molar-refractivity contribution < 1.29 is 14.3 Å². The number of fused-ring (bicyclic) bond motifs is 1. The molecule has 1 unspecified atom stereocenters. The number of anilines is 1. The third-order valence-corrected chi connectivity index (χ3v) is 6.04. The molecule has 7 nitrogen and oxygen atoms in total. The van der Waals surface area contributed by atoms with Gasteiger partial charge >= 0.3 is 0 Å². The van der Waals surface area contributed by atoms with Gasteiger partial charge in [0.2, 0.25) is 5.91 Å². The molecule has 2 aromatic heterocycles. The SMILES string of the molecule is CC(Sc1nnc(-c2cccs2)n1C)C(=O)Nc1ccc2c(c1)OCCO2. The van der Waals surface area contributed by atoms with Gasteiger partial charge in [-0.25, -0.2) is 0 Å². The minimum absolute atomic E-state index is 0.114. The van der Waals surface area contributed by atoms with Crippen molar-refractivity contribution in [3.05, 3.63) is 35.7 Å². The highest BCUT2D eigenvalue weighted by molar-refractivity contribution is 8.00. The first kappa shape index (κ1) is 17.9. The van der Waals surface area contributed by atoms with Crippen LogP contribution in [0.25, 0.3) is 10.7 Å². The number of aromatic nitrogens is 3. The van der Waals surface area contributed by atoms with Crippen LogP contribution in [0.2, 0.25) is 0 Å². The van der Waals surface area contributed by atoms with Crippen LogP contribution in [0.15, 0.2) is 40.9 Å². The lowest BCUT2D eigenvalue weighted by Crippen LogP contribution is -2.23. The van der Waals surface area contributed by atoms with Gasteiger partial charge in [-0.15, -0.1) is 21.5 Å². The van der Waals surface area contributed by atoms with Crippen LogP contribution in [0, 0.1) is 0 Å². The van der Waals surface area contributed by atoms with Crippen molar-refractivity contribution in [1.82, 2.24) is 14.8 Å². The second kappa shape index (κ2) is 7.61. The Morgan fingerprint density at radius 2 is 2.07 bits per heavy atom. The first-order chi connectivity index (χ1) is 13.1. The highest BCUT2D eigenvalue weighted by atomic mass is 32.2. The van der Waals surface area contributed by atoms with E-state index in [-0.39, 0.29) is 11.2 Å². The van der Waals surface area contributed by atoms with Crippen LogP contribution >= 0.6 is 23.1 Å². The molecule has 0 aliphatic carbocycles. The predicted molar refractivity (Wildman–Crippen MR) is 106 cm³/mol. The average molecular weight is 403 g/mol. The summed E-state index contributed by atoms with van der Waals surface area (Å²) in [6.45, 7) is 2.89. The zero-order chi connectivity index (χ0) is 18.8. The summed E-state index contributed by atoms with van der Waals surface area (Å²) in [6, 6.07) is 9.37. The van der Waals surface area contributed by atoms with E-state index < -0.39 is 0 Å². The van der Waals surface area contributed by atoms with Crippen LogP contribution in [0.3, 0.4) is 0 Å². The molecule has 140 valence electrons. The maximum absolute atomic E-state index is 12.6. The topological polar surface area (TPSA) is 78.3 Å². The van der Waals surface area contributed by atoms with Crippen LogP contribution < -0.4 is 14.8 Å². The van der Waals surface area contributed by atoms with Crippen LogP contribution in [0.5, 0.6) is 11.5 Å². The summed E-state index contributed by atoms with van der Waals surface area (Å²) in [6.07, 6.45) is 0. The van der Waals surface area contributed by atoms with Crippen molar-refractivity contribution in [2.75, 3.05) is 18.5 Å². The molecule has 1 aliphatic heterocycles. The maximum Gasteiger partial charge on any atom is 0.237 e. The number of rotatable bonds is 5. The van der Waals surface area contributed by atoms with Crippen molar-refractivity contribution in [2.24, 2.45) is 7.05 Å². The highest BCUT2D eigenvalue weighted by Crippen LogP contribution is 2.33. The zero-order valence-electron chi connectivity index (χ0n) is 14.8. The standard InChI is InChI=1S/C18H18N4O3S2/c1-11(27-18-21-20-16(22(18)2)15-4-3-9-26-15)17(23)19-12-5-6-13-14(10-12)25-8-7-24-13/h3-6,9-11H,7-8H2,1-2H3,(H,19,23). The second-order valence-corrected chi connectivity index (χ2v) is 8.21. The summed E-state index contributed by atoms with van der Waals surface area (Å²) in [5, 5.41) is 13.7. The van der Waals surface area contributed by atoms with Gasteiger partial charge in [0.1, 0.15) is 13.2 Å². The van der Waals surface area contributed by atoms with Gasteiger partial charge in [-0.3, -0.25) is 4.79 Å². The summed E-state index contributed by atoms with van der Waals surface area (Å²) in [4.78, 5) is 13.6. The van der Waals surface area contributed by atoms with Gasteiger partial charge in [-0.2, -0.15) is 0 Å². The number of carbonyl (C=O) groups excluding carboxylic acids is 1. The van der Waals surface area contributed by atoms with E-state index in [0.717, 1.165) is 10.7 Å². The van der Waals surface area contributed by atoms with E-state index in [1.807, 2.05) is 36.1 Å². The van der Waals surface area contributed by atoms with Crippen molar-refractivity contribution in [1.29, 1.82) is 0 Å². The van der Waals surface area contributed by atoms with E-state index in [0.29, 0.717) is 35.6 Å². The lowest BCUT2D eigenvalue weighted by molar-refractivity contribution is -0.115. The number of nitrogens with zero attached hydrogens (tertiary/aromatic N) is 3. The number of carbonyl (C=O) groups is 1. The van der Waals surface area contributed by atoms with Gasteiger partial charge in [0, 0.05) is 18.8 Å². The molecule has 4 rings (SSSR count). The Morgan fingerprint density at radius 3 is 2.85 bits per heavy atom. The van der Waals surface area contributed by atoms with E-state index >= 15 is 0 Å². The van der Waals surface area contributed by atoms with Gasteiger partial charge < -0.3 is 19.4 Å². The molecule has 1 aromatic carbocycles. The Labute approximate surface area is 164 Å². The first-order valence-electron chi connectivity index (χ1n) is 8.42. The highest BCUT2D eigenvalue weighted by Gasteiger charge is 2.20. The quantitative estimate of drug-likeness (QED) is 0.659. The average Bonchev–Trinajstić information content (AvgIpc) is 3.32. The largest absolute Gasteiger partial charge is 0.486 e. The van der Waals surface area contributed by atoms with Crippen LogP contribution in [-0.4, -0.2) is 39.1 Å². The Morgan fingerprint density at radius 1 is 1.26 bits per heavy atom. The normalized spacial score (nSPS) is 14.0. The molecule has 1 aliphatic rings. The summed E-state index contributed by atoms with van der Waals surface area (Å²) >= 11 is 2.98. The number of nitrogens with one attached hydrogen (secondary N) is 1. The summed E-state index contributed by atoms with van der Waals surface area (Å²) in [5.41, 5.74) is 0.675. The molecule has 3 heterocycles. The Balaban J connectivity index is 1.43. The monoisotopic (exact) mass is 402 g/mol. The molecule has 0 spiro atoms. The molecule has 0 saturated carbocycles. The fourth-order valence-electron chi connectivity index (χ4n) is 2.61. The van der Waals surface area contributed by atoms with E-state index in [4.69, 9.17) is 9.47 Å². The predicted octanol–water partition coefficient (Wildman–Crippen LogP) is 3.43. The number of benzene rings is 1. The minimum Gasteiger partial charge on any atom is -0.486 e. The van der Waals surface area contributed by atoms with Crippen molar-refractivity contribution in [2.45, 2.75) is 17.3 Å². The van der Waals surface area contributed by atoms with E-state index in [2.05, 4.69) is 15.5 Å². The van der Waals surface area contributed by atoms with Gasteiger partial charge in [-0.1, -0.05) is 17.8 Å². The summed E-state index contributed by atoms with van der Waals surface area (Å²) in [5.74, 6) is 2.03. The number of thioether (sulfide) groups is 1. The zero-order valence-corrected chi connectivity index (χ0v) is 16.5. The molecule has 1 amide bonds. The fraction of sp³-hybridized carbons (Fsp3) is 0.278. The summed E-state index contributed by atoms with van der Waals surface area (Å²) in [7, 11) is 1.91. The Kier molecular flexibility index (Phi) is 5.04. The number of hydrogen-bond acceptors (Lipinski definition) is 7. The molecular formula is C18H18N4O3S2. The van der Waals surface area contributed by atoms with Gasteiger partial charge in [0.15, 0.2) is 22.5 Å². The molecule has 9 heteroatoms. The fourth-order valence-corrected chi connectivity index (χ4v) is 4.17. The summed E-state index contributed by atoms with van der Waals surface area (Å²) < 4.78 is 13.0. The second-order valence-electron chi connectivity index (χ2n) is 5.95. The van der Waals surface area contributed by atoms with E-state index in [1.54, 1.807) is 29.5 Å². The number of ether oxygens (including phenoxy) is 2. The molecule has 3 aromatic rings. The molecular weight excluding hydrogens is 384 g/mol. The van der Waals surface area contributed by atoms with Gasteiger partial charge in [-0.05, 0) is 30.5 Å². The van der Waals surface area contributed by atoms with Crippen LogP contribution in [0.4, 0.5) is 5.69 Å². The van der Waals surface area contributed by atoms with E-state index in [1.165, 1.54) is 11.8 Å². The molecule has 27 heavy (non-hydrogen) atoms. The lowest BCUT2D eigenvalue weighted by atomic mass is 10.2. The van der Waals surface area contributed by atoms with Crippen molar-refractivity contribution >= 4 is 34.7 Å². The third-order valence-electron chi connectivity index (χ3n) is 4.04. The van der Waals surface area contributed by atoms with Gasteiger partial charge in [0.25, 0.3) is 0 Å². The van der Waals surface area contributed by atoms with Crippen molar-refractivity contribution in [3.8, 4) is 22.2 Å². The van der Waals surface area contributed by atoms with E-state index in [9.17, 15) is 4.79 Å². The Bertz CT molecular complexity index is 956. The maximum atomic E-state index is 12.6. The minimum atomic E-state index is -0.336. The molecule has 1 N–H and O–H groups in total. The number of thiophene rings is 1. The van der Waals surface area contributed by atoms with Crippen molar-refractivity contribution in [3.63, 3.8) is 0 Å². The first-order valence-corrected chi connectivity index (χ1v) is 10.2. The number of amides is 1. The molecule has 0 fully saturated rings. The number of hydrogen-bond donors (Lipinski definition) is 1.